The van der Waals surface area contributed by atoms with Gasteiger partial charge in [-0.3, -0.25) is 9.05 Å². The van der Waals surface area contributed by atoms with Gasteiger partial charge in [0.2, 0.25) is 0 Å². The summed E-state index contributed by atoms with van der Waals surface area (Å²) in [5, 5.41) is 0. The molecule has 1 saturated heterocycles. The molecule has 1 N–H and O–H groups in total. The highest BCUT2D eigenvalue weighted by atomic mass is 31.2. The van der Waals surface area contributed by atoms with Crippen LogP contribution in [-0.2, 0) is 23.1 Å². The molecule has 1 heterocycles. The van der Waals surface area contributed by atoms with Gasteiger partial charge in [-0.15, -0.1) is 0 Å². The van der Waals surface area contributed by atoms with E-state index < -0.39 is 7.82 Å². The molecule has 33 heavy (non-hydrogen) atoms. The maximum absolute atomic E-state index is 12.0. The Morgan fingerprint density at radius 1 is 0.788 bits per heavy atom. The van der Waals surface area contributed by atoms with Gasteiger partial charge >= 0.3 is 7.82 Å². The molecule has 0 aromatic carbocycles. The van der Waals surface area contributed by atoms with E-state index in [1.165, 1.54) is 70.5 Å². The molecule has 0 spiro atoms. The van der Waals surface area contributed by atoms with Crippen molar-refractivity contribution in [2.45, 2.75) is 89.9 Å². The first kappa shape index (κ1) is 30.6. The maximum Gasteiger partial charge on any atom is 0.472 e. The predicted octanol–water partition coefficient (Wildman–Crippen LogP) is 6.22. The predicted molar refractivity (Wildman–Crippen MR) is 134 cm³/mol. The van der Waals surface area contributed by atoms with Crippen molar-refractivity contribution in [3.05, 3.63) is 12.8 Å². The number of hydrogen-bond acceptors (Lipinski definition) is 5. The van der Waals surface area contributed by atoms with Crippen molar-refractivity contribution in [1.29, 1.82) is 0 Å². The number of phosphoric acid groups is 1. The lowest BCUT2D eigenvalue weighted by molar-refractivity contribution is -0.916. The first-order valence-corrected chi connectivity index (χ1v) is 14.7. The van der Waals surface area contributed by atoms with Crippen LogP contribution in [0.1, 0.15) is 89.9 Å². The quantitative estimate of drug-likeness (QED) is 0.0790. The molecule has 8 heteroatoms. The fourth-order valence-corrected chi connectivity index (χ4v) is 4.84. The van der Waals surface area contributed by atoms with Crippen molar-refractivity contribution in [2.75, 3.05) is 59.7 Å². The molecule has 1 fully saturated rings. The molecule has 0 aromatic heterocycles. The summed E-state index contributed by atoms with van der Waals surface area (Å²) >= 11 is 0. The minimum Gasteiger partial charge on any atom is -0.502 e. The third-order valence-corrected chi connectivity index (χ3v) is 7.48. The average molecular weight is 493 g/mol. The summed E-state index contributed by atoms with van der Waals surface area (Å²) in [5.41, 5.74) is 0. The van der Waals surface area contributed by atoms with Gasteiger partial charge in [-0.05, 0) is 12.8 Å². The van der Waals surface area contributed by atoms with E-state index in [0.29, 0.717) is 6.54 Å². The highest BCUT2D eigenvalue weighted by Crippen LogP contribution is 2.43. The van der Waals surface area contributed by atoms with Crippen molar-refractivity contribution in [1.82, 2.24) is 0 Å². The molecule has 0 radical (unpaired) electrons. The SMILES string of the molecule is C=COCCCCCCCCCCCCCCCCOP(=O)(O)OCC[N+]1(C)CCOCC1. The van der Waals surface area contributed by atoms with Gasteiger partial charge in [-0.25, -0.2) is 4.57 Å². The first-order valence-electron chi connectivity index (χ1n) is 13.2. The summed E-state index contributed by atoms with van der Waals surface area (Å²) in [6, 6.07) is 0. The number of nitrogens with zero attached hydrogens (tertiary/aromatic N) is 1. The Labute approximate surface area is 203 Å². The van der Waals surface area contributed by atoms with Crippen molar-refractivity contribution in [3.8, 4) is 0 Å². The van der Waals surface area contributed by atoms with E-state index in [9.17, 15) is 9.46 Å². The Balaban J connectivity index is 1.81. The first-order chi connectivity index (χ1) is 16.0. The minimum atomic E-state index is -3.93. The number of ether oxygens (including phenoxy) is 2. The molecule has 1 atom stereocenters. The summed E-state index contributed by atoms with van der Waals surface area (Å²) in [5.74, 6) is 0. The highest BCUT2D eigenvalue weighted by molar-refractivity contribution is 7.47. The van der Waals surface area contributed by atoms with E-state index in [2.05, 4.69) is 13.6 Å². The van der Waals surface area contributed by atoms with Gasteiger partial charge in [0.1, 0.15) is 26.2 Å². The van der Waals surface area contributed by atoms with Crippen LogP contribution < -0.4 is 0 Å². The average Bonchev–Trinajstić information content (AvgIpc) is 2.78. The molecule has 1 unspecified atom stereocenters. The van der Waals surface area contributed by atoms with E-state index in [1.54, 1.807) is 0 Å². The van der Waals surface area contributed by atoms with Crippen LogP contribution in [0.15, 0.2) is 12.8 Å². The molecule has 196 valence electrons. The van der Waals surface area contributed by atoms with Gasteiger partial charge in [0, 0.05) is 0 Å². The van der Waals surface area contributed by atoms with Crippen LogP contribution in [0, 0.1) is 0 Å². The maximum atomic E-state index is 12.0. The van der Waals surface area contributed by atoms with E-state index in [4.69, 9.17) is 18.5 Å². The van der Waals surface area contributed by atoms with Gasteiger partial charge in [0.05, 0.1) is 39.7 Å². The van der Waals surface area contributed by atoms with Crippen LogP contribution >= 0.6 is 7.82 Å². The van der Waals surface area contributed by atoms with Crippen LogP contribution in [0.2, 0.25) is 0 Å². The lowest BCUT2D eigenvalue weighted by Crippen LogP contribution is -2.53. The van der Waals surface area contributed by atoms with Gasteiger partial charge in [-0.1, -0.05) is 83.6 Å². The second-order valence-electron chi connectivity index (χ2n) is 9.52. The largest absolute Gasteiger partial charge is 0.502 e. The molecular weight excluding hydrogens is 441 g/mol. The summed E-state index contributed by atoms with van der Waals surface area (Å²) in [7, 11) is -1.81. The smallest absolute Gasteiger partial charge is 0.472 e. The zero-order valence-corrected chi connectivity index (χ0v) is 22.1. The normalized spacial score (nSPS) is 17.5. The zero-order chi connectivity index (χ0) is 24.1. The van der Waals surface area contributed by atoms with Gasteiger partial charge in [-0.2, -0.15) is 0 Å². The molecule has 1 aliphatic rings. The monoisotopic (exact) mass is 492 g/mol. The third kappa shape index (κ3) is 18.6. The Bertz CT molecular complexity index is 513. The Hall–Kier alpha value is -0.430. The Morgan fingerprint density at radius 3 is 1.70 bits per heavy atom. The summed E-state index contributed by atoms with van der Waals surface area (Å²) in [6.45, 7) is 8.86. The van der Waals surface area contributed by atoms with Gasteiger partial charge < -0.3 is 18.9 Å². The van der Waals surface area contributed by atoms with Gasteiger partial charge in [0.15, 0.2) is 0 Å². The van der Waals surface area contributed by atoms with Crippen molar-refractivity contribution < 1.29 is 32.5 Å². The van der Waals surface area contributed by atoms with E-state index in [-0.39, 0.29) is 13.2 Å². The van der Waals surface area contributed by atoms with E-state index in [1.807, 2.05) is 0 Å². The lowest BCUT2D eigenvalue weighted by atomic mass is 10.0. The number of phosphoric ester groups is 1. The van der Waals surface area contributed by atoms with Crippen LogP contribution in [0.4, 0.5) is 0 Å². The van der Waals surface area contributed by atoms with E-state index >= 15 is 0 Å². The molecule has 1 rings (SSSR count). The minimum absolute atomic E-state index is 0.232. The van der Waals surface area contributed by atoms with Crippen molar-refractivity contribution in [2.24, 2.45) is 0 Å². The molecule has 0 aromatic rings. The van der Waals surface area contributed by atoms with Crippen LogP contribution in [0.25, 0.3) is 0 Å². The second kappa shape index (κ2) is 19.8. The zero-order valence-electron chi connectivity index (χ0n) is 21.2. The van der Waals surface area contributed by atoms with Crippen molar-refractivity contribution in [3.63, 3.8) is 0 Å². The topological polar surface area (TPSA) is 74.2 Å². The molecular formula is C25H51NO6P+. The number of hydrogen-bond donors (Lipinski definition) is 1. The number of rotatable bonds is 23. The van der Waals surface area contributed by atoms with Crippen LogP contribution in [-0.4, -0.2) is 69.1 Å². The molecule has 1 aliphatic heterocycles. The lowest BCUT2D eigenvalue weighted by Gasteiger charge is -2.37. The summed E-state index contributed by atoms with van der Waals surface area (Å²) < 4.78 is 33.6. The number of quaternary nitrogens is 1. The highest BCUT2D eigenvalue weighted by Gasteiger charge is 2.27. The number of likely N-dealkylation sites (N-methyl/N-ethyl adjacent to an activating group) is 1. The fourth-order valence-electron chi connectivity index (χ4n) is 4.09. The molecule has 0 bridgehead atoms. The van der Waals surface area contributed by atoms with Gasteiger partial charge in [0.25, 0.3) is 0 Å². The molecule has 0 amide bonds. The molecule has 7 nitrogen and oxygen atoms in total. The fraction of sp³-hybridized carbons (Fsp3) is 0.920. The number of unbranched alkanes of at least 4 members (excludes halogenated alkanes) is 13. The summed E-state index contributed by atoms with van der Waals surface area (Å²) in [4.78, 5) is 9.83. The number of morpholine rings is 1. The molecule has 0 saturated carbocycles. The van der Waals surface area contributed by atoms with Crippen LogP contribution in [0.5, 0.6) is 0 Å². The third-order valence-electron chi connectivity index (χ3n) is 6.47. The Morgan fingerprint density at radius 2 is 1.21 bits per heavy atom. The van der Waals surface area contributed by atoms with E-state index in [0.717, 1.165) is 63.1 Å². The van der Waals surface area contributed by atoms with Crippen LogP contribution in [0.3, 0.4) is 0 Å². The second-order valence-corrected chi connectivity index (χ2v) is 11.0. The van der Waals surface area contributed by atoms with Crippen molar-refractivity contribution >= 4 is 7.82 Å². The standard InChI is InChI=1S/C25H50NO6P/c1-3-29-21-16-14-12-10-8-6-4-5-7-9-11-13-15-17-22-31-33(27,28)32-25-20-26(2)18-23-30-24-19-26/h3H,1,4-25H2,2H3/p+1. The Kier molecular flexibility index (Phi) is 18.4. The molecule has 0 aliphatic carbocycles. The summed E-state index contributed by atoms with van der Waals surface area (Å²) in [6.07, 6.45) is 18.8.